The number of H-pyrrole nitrogens is 1. The molecular formula is C30H28N8O4. The van der Waals surface area contributed by atoms with E-state index in [-0.39, 0.29) is 24.0 Å². The molecule has 1 aromatic carbocycles. The highest BCUT2D eigenvalue weighted by Gasteiger charge is 2.44. The minimum absolute atomic E-state index is 0.0959. The summed E-state index contributed by atoms with van der Waals surface area (Å²) in [5.41, 5.74) is 6.23. The number of nitrogens with one attached hydrogen (secondary N) is 3. The van der Waals surface area contributed by atoms with Crippen LogP contribution in [0.1, 0.15) is 76.9 Å². The van der Waals surface area contributed by atoms with Gasteiger partial charge in [-0.2, -0.15) is 10.2 Å². The molecule has 4 aromatic rings. The molecule has 12 heteroatoms. The Kier molecular flexibility index (Phi) is 5.53. The lowest BCUT2D eigenvalue weighted by molar-refractivity contribution is -0.136. The van der Waals surface area contributed by atoms with Gasteiger partial charge in [0.1, 0.15) is 11.6 Å². The smallest absolute Gasteiger partial charge is 0.262 e. The van der Waals surface area contributed by atoms with Gasteiger partial charge in [-0.1, -0.05) is 0 Å². The van der Waals surface area contributed by atoms with E-state index in [9.17, 15) is 19.2 Å². The molecule has 2 saturated carbocycles. The van der Waals surface area contributed by atoms with Gasteiger partial charge in [0.25, 0.3) is 11.8 Å². The summed E-state index contributed by atoms with van der Waals surface area (Å²) in [6.45, 7) is 0.733. The molecule has 212 valence electrons. The maximum absolute atomic E-state index is 13.1. The molecule has 12 nitrogen and oxygen atoms in total. The fourth-order valence-corrected chi connectivity index (χ4v) is 6.36. The molecule has 2 aliphatic heterocycles. The van der Waals surface area contributed by atoms with Crippen LogP contribution in [0.25, 0.3) is 22.3 Å². The maximum Gasteiger partial charge on any atom is 0.262 e. The van der Waals surface area contributed by atoms with E-state index in [0.29, 0.717) is 17.9 Å². The van der Waals surface area contributed by atoms with Gasteiger partial charge >= 0.3 is 0 Å². The second-order valence-corrected chi connectivity index (χ2v) is 11.8. The van der Waals surface area contributed by atoms with E-state index in [2.05, 4.69) is 31.7 Å². The fraction of sp³-hybridized carbons (Fsp3) is 0.367. The third kappa shape index (κ3) is 4.08. The predicted molar refractivity (Wildman–Crippen MR) is 150 cm³/mol. The Morgan fingerprint density at radius 3 is 2.60 bits per heavy atom. The van der Waals surface area contributed by atoms with E-state index in [1.54, 1.807) is 24.4 Å². The van der Waals surface area contributed by atoms with Crippen molar-refractivity contribution < 1.29 is 19.2 Å². The summed E-state index contributed by atoms with van der Waals surface area (Å²) >= 11 is 0. The van der Waals surface area contributed by atoms with Crippen molar-refractivity contribution in [3.05, 3.63) is 59.5 Å². The molecule has 0 spiro atoms. The average molecular weight is 565 g/mol. The summed E-state index contributed by atoms with van der Waals surface area (Å²) in [5, 5.41) is 17.7. The zero-order chi connectivity index (χ0) is 28.5. The number of benzene rings is 1. The highest BCUT2D eigenvalue weighted by atomic mass is 16.2. The average Bonchev–Trinajstić information content (AvgIpc) is 3.44. The van der Waals surface area contributed by atoms with E-state index in [1.165, 1.54) is 0 Å². The molecule has 5 heterocycles. The molecule has 3 N–H and O–H groups in total. The number of carbonyl (C=O) groups is 4. The van der Waals surface area contributed by atoms with E-state index in [4.69, 9.17) is 10.1 Å². The first kappa shape index (κ1) is 24.9. The highest BCUT2D eigenvalue weighted by Crippen LogP contribution is 2.45. The lowest BCUT2D eigenvalue weighted by atomic mass is 9.80. The van der Waals surface area contributed by atoms with Crippen LogP contribution in [0.4, 0.5) is 5.69 Å². The van der Waals surface area contributed by atoms with Crippen LogP contribution >= 0.6 is 0 Å². The number of hydrogen-bond donors (Lipinski definition) is 3. The molecule has 1 saturated heterocycles. The number of hydrogen-bond acceptors (Lipinski definition) is 8. The van der Waals surface area contributed by atoms with Crippen LogP contribution in [-0.4, -0.2) is 66.1 Å². The van der Waals surface area contributed by atoms with Gasteiger partial charge < -0.3 is 5.32 Å². The zero-order valence-corrected chi connectivity index (χ0v) is 22.7. The summed E-state index contributed by atoms with van der Waals surface area (Å²) in [7, 11) is 0. The summed E-state index contributed by atoms with van der Waals surface area (Å²) < 4.78 is 2.12. The van der Waals surface area contributed by atoms with Gasteiger partial charge in [-0.25, -0.2) is 4.98 Å². The first-order valence-electron chi connectivity index (χ1n) is 14.4. The molecule has 1 atom stereocenters. The summed E-state index contributed by atoms with van der Waals surface area (Å²) in [6, 6.07) is 8.50. The van der Waals surface area contributed by atoms with Gasteiger partial charge in [0.15, 0.2) is 0 Å². The van der Waals surface area contributed by atoms with Crippen molar-refractivity contribution in [1.29, 1.82) is 0 Å². The number of fused-ring (bicyclic) bond motifs is 2. The lowest BCUT2D eigenvalue weighted by Crippen LogP contribution is -2.54. The van der Waals surface area contributed by atoms with Crippen LogP contribution in [0.5, 0.6) is 0 Å². The molecule has 4 aliphatic rings. The monoisotopic (exact) mass is 564 g/mol. The Balaban J connectivity index is 0.921. The van der Waals surface area contributed by atoms with Gasteiger partial charge in [-0.3, -0.25) is 39.2 Å². The first-order valence-corrected chi connectivity index (χ1v) is 14.4. The zero-order valence-electron chi connectivity index (χ0n) is 22.7. The minimum atomic E-state index is -0.967. The maximum atomic E-state index is 13.1. The van der Waals surface area contributed by atoms with Crippen molar-refractivity contribution in [3.63, 3.8) is 0 Å². The minimum Gasteiger partial charge on any atom is -0.385 e. The predicted octanol–water partition coefficient (Wildman–Crippen LogP) is 3.16. The number of carbonyl (C=O) groups excluding carboxylic acids is 4. The first-order chi connectivity index (χ1) is 20.4. The second kappa shape index (κ2) is 9.33. The number of aromatic amines is 1. The molecule has 0 radical (unpaired) electrons. The van der Waals surface area contributed by atoms with Gasteiger partial charge in [-0.15, -0.1) is 0 Å². The number of nitrogens with zero attached hydrogens (tertiary/aromatic N) is 5. The number of rotatable bonds is 7. The molecule has 3 aromatic heterocycles. The molecule has 1 unspecified atom stereocenters. The number of anilines is 1. The molecular weight excluding hydrogens is 536 g/mol. The standard InChI is InChI=1S/C30H28N8O4/c39-26-8-7-25(28(40)34-26)38-29(41)19-4-3-17(11-20(19)30(38)42)31-12-15-9-18(10-15)37-14-21(27(36-37)16-1-2-16)22-5-6-23-24(33-22)13-32-35-23/h3-6,11,13-16,18,25,31H,1-2,7-10,12H2,(H,32,35)(H,34,39,40). The van der Waals surface area contributed by atoms with Crippen LogP contribution in [0.2, 0.25) is 0 Å². The van der Waals surface area contributed by atoms with Crippen LogP contribution in [0, 0.1) is 5.92 Å². The van der Waals surface area contributed by atoms with Gasteiger partial charge in [-0.05, 0) is 68.4 Å². The molecule has 2 aliphatic carbocycles. The van der Waals surface area contributed by atoms with Crippen molar-refractivity contribution in [2.24, 2.45) is 5.92 Å². The van der Waals surface area contributed by atoms with E-state index in [0.717, 1.165) is 70.8 Å². The van der Waals surface area contributed by atoms with Gasteiger partial charge in [0.2, 0.25) is 11.8 Å². The van der Waals surface area contributed by atoms with Crippen molar-refractivity contribution in [2.75, 3.05) is 11.9 Å². The Morgan fingerprint density at radius 1 is 0.952 bits per heavy atom. The van der Waals surface area contributed by atoms with Crippen molar-refractivity contribution in [1.82, 2.24) is 35.2 Å². The largest absolute Gasteiger partial charge is 0.385 e. The van der Waals surface area contributed by atoms with Gasteiger partial charge in [0, 0.05) is 36.3 Å². The molecule has 0 bridgehead atoms. The Hall–Kier alpha value is -4.87. The molecule has 8 rings (SSSR count). The quantitative estimate of drug-likeness (QED) is 0.289. The number of imide groups is 2. The summed E-state index contributed by atoms with van der Waals surface area (Å²) in [5.74, 6) is -1.05. The number of pyridine rings is 1. The normalized spacial score (nSPS) is 23.7. The SMILES string of the molecule is O=C1CCC(N2C(=O)c3ccc(NCC4CC(n5cc(-c6ccc7[nH]ncc7n6)c(C6CC6)n5)C4)cc3C2=O)C(=O)N1. The molecule has 4 amide bonds. The van der Waals surface area contributed by atoms with Crippen molar-refractivity contribution in [2.45, 2.75) is 56.5 Å². The lowest BCUT2D eigenvalue weighted by Gasteiger charge is -2.35. The van der Waals surface area contributed by atoms with E-state index >= 15 is 0 Å². The fourth-order valence-electron chi connectivity index (χ4n) is 6.36. The Labute approximate surface area is 239 Å². The van der Waals surface area contributed by atoms with Crippen LogP contribution in [0.3, 0.4) is 0 Å². The van der Waals surface area contributed by atoms with Crippen molar-refractivity contribution >= 4 is 40.3 Å². The second-order valence-electron chi connectivity index (χ2n) is 11.8. The summed E-state index contributed by atoms with van der Waals surface area (Å²) in [6.07, 6.45) is 8.42. The topological polar surface area (TPSA) is 155 Å². The molecule has 42 heavy (non-hydrogen) atoms. The van der Waals surface area contributed by atoms with Crippen LogP contribution in [0.15, 0.2) is 42.7 Å². The Morgan fingerprint density at radius 2 is 1.79 bits per heavy atom. The number of amides is 4. The Bertz CT molecular complexity index is 1800. The third-order valence-corrected chi connectivity index (χ3v) is 8.92. The van der Waals surface area contributed by atoms with Gasteiger partial charge in [0.05, 0.1) is 40.3 Å². The van der Waals surface area contributed by atoms with E-state index < -0.39 is 29.7 Å². The van der Waals surface area contributed by atoms with Crippen LogP contribution in [-0.2, 0) is 9.59 Å². The van der Waals surface area contributed by atoms with E-state index in [1.807, 2.05) is 12.1 Å². The number of piperidine rings is 1. The summed E-state index contributed by atoms with van der Waals surface area (Å²) in [4.78, 5) is 55.7. The molecule has 3 fully saturated rings. The van der Waals surface area contributed by atoms with Crippen molar-refractivity contribution in [3.8, 4) is 11.3 Å². The highest BCUT2D eigenvalue weighted by molar-refractivity contribution is 6.23. The third-order valence-electron chi connectivity index (χ3n) is 8.92. The number of aromatic nitrogens is 5. The van der Waals surface area contributed by atoms with Crippen LogP contribution < -0.4 is 10.6 Å².